The number of aromatic hydroxyl groups is 2. The molecule has 0 aliphatic heterocycles. The van der Waals surface area contributed by atoms with Gasteiger partial charge in [-0.1, -0.05) is 54.1 Å². The lowest BCUT2D eigenvalue weighted by Gasteiger charge is -2.11. The quantitative estimate of drug-likeness (QED) is 0.327. The first-order chi connectivity index (χ1) is 14.5. The number of anilines is 1. The second-order valence-corrected chi connectivity index (χ2v) is 6.90. The minimum atomic E-state index is -0.464. The summed E-state index contributed by atoms with van der Waals surface area (Å²) in [6.45, 7) is 0. The van der Waals surface area contributed by atoms with Gasteiger partial charge in [-0.3, -0.25) is 4.79 Å². The van der Waals surface area contributed by atoms with Gasteiger partial charge in [-0.2, -0.15) is 5.11 Å². The molecule has 3 N–H and O–H groups in total. The molecule has 0 bridgehead atoms. The number of nitrogens with zero attached hydrogens (tertiary/aromatic N) is 2. The van der Waals surface area contributed by atoms with E-state index in [4.69, 9.17) is 11.6 Å². The third kappa shape index (κ3) is 3.94. The Morgan fingerprint density at radius 1 is 0.833 bits per heavy atom. The zero-order valence-corrected chi connectivity index (χ0v) is 16.3. The smallest absolute Gasteiger partial charge is 0.259 e. The fourth-order valence-corrected chi connectivity index (χ4v) is 3.16. The maximum Gasteiger partial charge on any atom is 0.259 e. The van der Waals surface area contributed by atoms with E-state index in [-0.39, 0.29) is 22.1 Å². The van der Waals surface area contributed by atoms with Crippen molar-refractivity contribution in [2.75, 3.05) is 5.32 Å². The van der Waals surface area contributed by atoms with Crippen molar-refractivity contribution in [3.05, 3.63) is 89.4 Å². The molecule has 4 rings (SSSR count). The molecule has 0 fully saturated rings. The maximum atomic E-state index is 12.8. The number of fused-ring (bicyclic) bond motifs is 1. The average molecular weight is 418 g/mol. The normalized spacial score (nSPS) is 11.1. The zero-order valence-electron chi connectivity index (χ0n) is 15.6. The number of rotatable bonds is 4. The van der Waals surface area contributed by atoms with Crippen molar-refractivity contribution in [2.24, 2.45) is 10.2 Å². The van der Waals surface area contributed by atoms with Gasteiger partial charge < -0.3 is 15.5 Å². The van der Waals surface area contributed by atoms with Crippen molar-refractivity contribution in [1.82, 2.24) is 0 Å². The molecule has 7 heteroatoms. The Morgan fingerprint density at radius 2 is 1.53 bits per heavy atom. The van der Waals surface area contributed by atoms with Crippen molar-refractivity contribution in [1.29, 1.82) is 0 Å². The second-order valence-electron chi connectivity index (χ2n) is 6.49. The highest BCUT2D eigenvalue weighted by molar-refractivity contribution is 6.32. The van der Waals surface area contributed by atoms with Gasteiger partial charge in [0.15, 0.2) is 0 Å². The van der Waals surface area contributed by atoms with E-state index < -0.39 is 5.91 Å². The van der Waals surface area contributed by atoms with Crippen molar-refractivity contribution < 1.29 is 15.0 Å². The Morgan fingerprint density at radius 3 is 2.27 bits per heavy atom. The van der Waals surface area contributed by atoms with Crippen LogP contribution in [0.5, 0.6) is 11.5 Å². The molecule has 30 heavy (non-hydrogen) atoms. The Balaban J connectivity index is 1.77. The number of phenolic OH excluding ortho intramolecular Hbond substituents is 2. The van der Waals surface area contributed by atoms with Crippen LogP contribution < -0.4 is 5.32 Å². The van der Waals surface area contributed by atoms with Gasteiger partial charge >= 0.3 is 0 Å². The molecule has 1 amide bonds. The van der Waals surface area contributed by atoms with E-state index in [0.717, 1.165) is 0 Å². The molecule has 0 heterocycles. The number of amides is 1. The first kappa shape index (κ1) is 19.4. The van der Waals surface area contributed by atoms with E-state index in [1.165, 1.54) is 18.2 Å². The molecule has 0 aliphatic rings. The van der Waals surface area contributed by atoms with Gasteiger partial charge in [0.25, 0.3) is 5.91 Å². The van der Waals surface area contributed by atoms with Crippen LogP contribution >= 0.6 is 11.6 Å². The Labute approximate surface area is 177 Å². The maximum absolute atomic E-state index is 12.8. The van der Waals surface area contributed by atoms with E-state index >= 15 is 0 Å². The summed E-state index contributed by atoms with van der Waals surface area (Å²) in [4.78, 5) is 12.8. The second kappa shape index (κ2) is 8.23. The molecular weight excluding hydrogens is 402 g/mol. The minimum Gasteiger partial charge on any atom is -0.506 e. The monoisotopic (exact) mass is 417 g/mol. The summed E-state index contributed by atoms with van der Waals surface area (Å²) in [7, 11) is 0. The summed E-state index contributed by atoms with van der Waals surface area (Å²) in [6.07, 6.45) is 0. The Bertz CT molecular complexity index is 1270. The van der Waals surface area contributed by atoms with Crippen molar-refractivity contribution in [2.45, 2.75) is 0 Å². The molecular formula is C23H16ClN3O3. The number of hydrogen-bond donors (Lipinski definition) is 3. The van der Waals surface area contributed by atoms with E-state index in [2.05, 4.69) is 15.5 Å². The first-order valence-electron chi connectivity index (χ1n) is 9.04. The number of hydrogen-bond acceptors (Lipinski definition) is 5. The predicted molar refractivity (Wildman–Crippen MR) is 117 cm³/mol. The topological polar surface area (TPSA) is 94.3 Å². The molecule has 4 aromatic carbocycles. The standard InChI is InChI=1S/C23H16ClN3O3/c24-19-12-15(10-11-21(19)28)26-27-20-13-18(22(29)17-9-5-4-8-16(17)20)23(30)25-14-6-2-1-3-7-14/h1-13,28-29H,(H,25,30). The number of benzene rings is 4. The van der Waals surface area contributed by atoms with Crippen LogP contribution in [0.25, 0.3) is 10.8 Å². The molecule has 0 saturated carbocycles. The molecule has 0 aromatic heterocycles. The molecule has 0 unspecified atom stereocenters. The number of halogens is 1. The number of azo groups is 1. The predicted octanol–water partition coefficient (Wildman–Crippen LogP) is 6.57. The van der Waals surface area contributed by atoms with E-state index in [0.29, 0.717) is 27.8 Å². The molecule has 0 atom stereocenters. The third-order valence-corrected chi connectivity index (χ3v) is 4.78. The largest absolute Gasteiger partial charge is 0.506 e. The molecule has 6 nitrogen and oxygen atoms in total. The van der Waals surface area contributed by atoms with Crippen LogP contribution in [0, 0.1) is 0 Å². The third-order valence-electron chi connectivity index (χ3n) is 4.48. The fraction of sp³-hybridized carbons (Fsp3) is 0. The van der Waals surface area contributed by atoms with Crippen LogP contribution in [0.15, 0.2) is 89.1 Å². The highest BCUT2D eigenvalue weighted by Crippen LogP contribution is 2.37. The highest BCUT2D eigenvalue weighted by atomic mass is 35.5. The van der Waals surface area contributed by atoms with E-state index in [1.54, 1.807) is 48.5 Å². The van der Waals surface area contributed by atoms with Crippen LogP contribution in [0.1, 0.15) is 10.4 Å². The minimum absolute atomic E-state index is 0.0504. The van der Waals surface area contributed by atoms with Crippen molar-refractivity contribution in [3.63, 3.8) is 0 Å². The lowest BCUT2D eigenvalue weighted by Crippen LogP contribution is -2.12. The van der Waals surface area contributed by atoms with Crippen LogP contribution in [0.3, 0.4) is 0 Å². The van der Waals surface area contributed by atoms with Gasteiger partial charge in [-0.25, -0.2) is 0 Å². The molecule has 0 radical (unpaired) electrons. The fourth-order valence-electron chi connectivity index (χ4n) is 2.99. The average Bonchev–Trinajstić information content (AvgIpc) is 2.76. The summed E-state index contributed by atoms with van der Waals surface area (Å²) >= 11 is 5.92. The molecule has 0 saturated heterocycles. The van der Waals surface area contributed by atoms with Crippen LogP contribution in [-0.2, 0) is 0 Å². The first-order valence-corrected chi connectivity index (χ1v) is 9.42. The number of nitrogens with one attached hydrogen (secondary N) is 1. The van der Waals surface area contributed by atoms with Gasteiger partial charge in [0.05, 0.1) is 22.0 Å². The molecule has 0 aliphatic carbocycles. The van der Waals surface area contributed by atoms with Gasteiger partial charge in [0, 0.05) is 16.5 Å². The summed E-state index contributed by atoms with van der Waals surface area (Å²) in [5.41, 5.74) is 1.53. The van der Waals surface area contributed by atoms with Crippen LogP contribution in [0.4, 0.5) is 17.1 Å². The lowest BCUT2D eigenvalue weighted by atomic mass is 10.0. The summed E-state index contributed by atoms with van der Waals surface area (Å²) in [5.74, 6) is -0.648. The highest BCUT2D eigenvalue weighted by Gasteiger charge is 2.17. The molecule has 0 spiro atoms. The van der Waals surface area contributed by atoms with Gasteiger partial charge in [0.2, 0.25) is 0 Å². The van der Waals surface area contributed by atoms with Crippen LogP contribution in [-0.4, -0.2) is 16.1 Å². The summed E-state index contributed by atoms with van der Waals surface area (Å²) < 4.78 is 0. The zero-order chi connectivity index (χ0) is 21.1. The number of phenols is 2. The summed E-state index contributed by atoms with van der Waals surface area (Å²) in [5, 5.41) is 32.7. The number of para-hydroxylation sites is 1. The lowest BCUT2D eigenvalue weighted by molar-refractivity contribution is 0.102. The summed E-state index contributed by atoms with van der Waals surface area (Å²) in [6, 6.07) is 22.0. The Kier molecular flexibility index (Phi) is 5.32. The van der Waals surface area contributed by atoms with Gasteiger partial charge in [-0.05, 0) is 36.4 Å². The molecule has 4 aromatic rings. The SMILES string of the molecule is O=C(Nc1ccccc1)c1cc(N=Nc2ccc(O)c(Cl)c2)c2ccccc2c1O. The van der Waals surface area contributed by atoms with E-state index in [9.17, 15) is 15.0 Å². The van der Waals surface area contributed by atoms with E-state index in [1.807, 2.05) is 12.1 Å². The van der Waals surface area contributed by atoms with Gasteiger partial charge in [0.1, 0.15) is 11.5 Å². The Hall–Kier alpha value is -3.90. The van der Waals surface area contributed by atoms with Crippen molar-refractivity contribution in [3.8, 4) is 11.5 Å². The number of carbonyl (C=O) groups excluding carboxylic acids is 1. The van der Waals surface area contributed by atoms with Crippen LogP contribution in [0.2, 0.25) is 5.02 Å². The molecule has 148 valence electrons. The van der Waals surface area contributed by atoms with Gasteiger partial charge in [-0.15, -0.1) is 5.11 Å². The van der Waals surface area contributed by atoms with Crippen molar-refractivity contribution >= 4 is 45.3 Å². The number of carbonyl (C=O) groups is 1.